The molecule has 0 saturated carbocycles. The van der Waals surface area contributed by atoms with E-state index in [1.54, 1.807) is 11.0 Å². The second-order valence-corrected chi connectivity index (χ2v) is 4.44. The van der Waals surface area contributed by atoms with Crippen LogP contribution in [0, 0.1) is 0 Å². The lowest BCUT2D eigenvalue weighted by molar-refractivity contribution is -0.131. The number of hydrogen-bond donors (Lipinski definition) is 1. The number of carboxylic acids is 1. The molecule has 1 saturated heterocycles. The van der Waals surface area contributed by atoms with E-state index in [-0.39, 0.29) is 5.91 Å². The molecule has 1 aromatic rings. The number of nitrogens with zero attached hydrogens (tertiary/aromatic N) is 2. The molecule has 1 aromatic heterocycles. The summed E-state index contributed by atoms with van der Waals surface area (Å²) in [6.45, 7) is 2.43. The predicted molar refractivity (Wildman–Crippen MR) is 72.2 cm³/mol. The maximum Gasteiger partial charge on any atom is 0.328 e. The number of carbonyl (C=O) groups excluding carboxylic acids is 1. The van der Waals surface area contributed by atoms with Crippen LogP contribution >= 0.6 is 0 Å². The Balaban J connectivity index is 2.13. The Labute approximate surface area is 116 Å². The van der Waals surface area contributed by atoms with Crippen molar-refractivity contribution in [3.8, 4) is 0 Å². The molecule has 1 aliphatic heterocycles. The molecule has 0 aliphatic carbocycles. The summed E-state index contributed by atoms with van der Waals surface area (Å²) in [6.07, 6.45) is 6.26. The van der Waals surface area contributed by atoms with E-state index in [0.29, 0.717) is 37.4 Å². The number of pyridine rings is 1. The minimum Gasteiger partial charge on any atom is -0.478 e. The van der Waals surface area contributed by atoms with Crippen LogP contribution in [0.5, 0.6) is 0 Å². The lowest BCUT2D eigenvalue weighted by Gasteiger charge is -2.19. The highest BCUT2D eigenvalue weighted by Crippen LogP contribution is 2.10. The molecule has 1 fully saturated rings. The molecule has 0 atom stereocenters. The van der Waals surface area contributed by atoms with Crippen molar-refractivity contribution in [3.63, 3.8) is 0 Å². The van der Waals surface area contributed by atoms with Crippen LogP contribution in [-0.4, -0.2) is 53.2 Å². The number of ether oxygens (including phenoxy) is 1. The summed E-state index contributed by atoms with van der Waals surface area (Å²) in [5.74, 6) is -1.14. The van der Waals surface area contributed by atoms with Gasteiger partial charge in [0, 0.05) is 38.2 Å². The summed E-state index contributed by atoms with van der Waals surface area (Å²) < 4.78 is 5.31. The molecule has 106 valence electrons. The van der Waals surface area contributed by atoms with Gasteiger partial charge in [0.1, 0.15) is 0 Å². The van der Waals surface area contributed by atoms with Gasteiger partial charge in [-0.2, -0.15) is 0 Å². The fourth-order valence-electron chi connectivity index (χ4n) is 1.97. The van der Waals surface area contributed by atoms with E-state index in [1.807, 2.05) is 0 Å². The lowest BCUT2D eigenvalue weighted by Crippen LogP contribution is -2.33. The molecular weight excluding hydrogens is 260 g/mol. The zero-order valence-electron chi connectivity index (χ0n) is 11.0. The molecule has 6 heteroatoms. The van der Waals surface area contributed by atoms with Crippen molar-refractivity contribution in [1.82, 2.24) is 9.88 Å². The Morgan fingerprint density at radius 1 is 1.30 bits per heavy atom. The summed E-state index contributed by atoms with van der Waals surface area (Å²) >= 11 is 0. The molecule has 1 aliphatic rings. The highest BCUT2D eigenvalue weighted by molar-refractivity contribution is 5.94. The van der Waals surface area contributed by atoms with Gasteiger partial charge in [0.15, 0.2) is 0 Å². The van der Waals surface area contributed by atoms with Gasteiger partial charge >= 0.3 is 5.97 Å². The molecule has 2 heterocycles. The average molecular weight is 276 g/mol. The first kappa shape index (κ1) is 14.2. The Bertz CT molecular complexity index is 520. The van der Waals surface area contributed by atoms with Crippen molar-refractivity contribution in [2.75, 3.05) is 26.3 Å². The van der Waals surface area contributed by atoms with Crippen LogP contribution in [0.25, 0.3) is 6.08 Å². The van der Waals surface area contributed by atoms with Gasteiger partial charge in [-0.05, 0) is 24.1 Å². The van der Waals surface area contributed by atoms with Gasteiger partial charge in [-0.3, -0.25) is 9.78 Å². The lowest BCUT2D eigenvalue weighted by atomic mass is 10.1. The van der Waals surface area contributed by atoms with Gasteiger partial charge in [-0.15, -0.1) is 0 Å². The monoisotopic (exact) mass is 276 g/mol. The standard InChI is InChI=1S/C14H16N2O4/c17-13(18)3-2-11-8-12(10-15-9-11)14(19)16-4-1-6-20-7-5-16/h2-3,8-10H,1,4-7H2,(H,17,18). The Morgan fingerprint density at radius 3 is 2.95 bits per heavy atom. The number of rotatable bonds is 3. The smallest absolute Gasteiger partial charge is 0.328 e. The maximum absolute atomic E-state index is 12.3. The molecule has 2 rings (SSSR count). The number of carboxylic acid groups (broad SMARTS) is 1. The second kappa shape index (κ2) is 6.81. The molecule has 1 N–H and O–H groups in total. The van der Waals surface area contributed by atoms with Crippen LogP contribution in [0.4, 0.5) is 0 Å². The van der Waals surface area contributed by atoms with Crippen LogP contribution in [-0.2, 0) is 9.53 Å². The van der Waals surface area contributed by atoms with Gasteiger partial charge in [0.25, 0.3) is 5.91 Å². The number of aromatic nitrogens is 1. The van der Waals surface area contributed by atoms with E-state index >= 15 is 0 Å². The fourth-order valence-corrected chi connectivity index (χ4v) is 1.97. The number of hydrogen-bond acceptors (Lipinski definition) is 4. The molecule has 0 bridgehead atoms. The Hall–Kier alpha value is -2.21. The molecule has 20 heavy (non-hydrogen) atoms. The van der Waals surface area contributed by atoms with Gasteiger partial charge in [0.2, 0.25) is 0 Å². The van der Waals surface area contributed by atoms with E-state index in [4.69, 9.17) is 9.84 Å². The van der Waals surface area contributed by atoms with Crippen LogP contribution < -0.4 is 0 Å². The van der Waals surface area contributed by atoms with Gasteiger partial charge < -0.3 is 14.7 Å². The maximum atomic E-state index is 12.3. The zero-order chi connectivity index (χ0) is 14.4. The van der Waals surface area contributed by atoms with Crippen molar-refractivity contribution < 1.29 is 19.4 Å². The Morgan fingerprint density at radius 2 is 2.15 bits per heavy atom. The first-order valence-electron chi connectivity index (χ1n) is 6.40. The third-order valence-electron chi connectivity index (χ3n) is 2.93. The van der Waals surface area contributed by atoms with Crippen LogP contribution in [0.1, 0.15) is 22.3 Å². The van der Waals surface area contributed by atoms with Gasteiger partial charge in [-0.25, -0.2) is 4.79 Å². The Kier molecular flexibility index (Phi) is 4.84. The predicted octanol–water partition coefficient (Wildman–Crippen LogP) is 1.04. The first-order valence-corrected chi connectivity index (χ1v) is 6.40. The number of carbonyl (C=O) groups is 2. The molecule has 6 nitrogen and oxygen atoms in total. The molecule has 0 aromatic carbocycles. The molecule has 0 radical (unpaired) electrons. The molecular formula is C14H16N2O4. The van der Waals surface area contributed by atoms with Crippen molar-refractivity contribution in [3.05, 3.63) is 35.7 Å². The SMILES string of the molecule is O=C(O)C=Cc1cncc(C(=O)N2CCCOCC2)c1. The third kappa shape index (κ3) is 3.89. The highest BCUT2D eigenvalue weighted by atomic mass is 16.5. The quantitative estimate of drug-likeness (QED) is 0.834. The van der Waals surface area contributed by atoms with E-state index < -0.39 is 5.97 Å². The van der Waals surface area contributed by atoms with Crippen molar-refractivity contribution in [1.29, 1.82) is 0 Å². The van der Waals surface area contributed by atoms with E-state index in [9.17, 15) is 9.59 Å². The van der Waals surface area contributed by atoms with Crippen LogP contribution in [0.15, 0.2) is 24.5 Å². The van der Waals surface area contributed by atoms with Crippen molar-refractivity contribution in [2.45, 2.75) is 6.42 Å². The highest BCUT2D eigenvalue weighted by Gasteiger charge is 2.17. The van der Waals surface area contributed by atoms with E-state index in [1.165, 1.54) is 18.5 Å². The fraction of sp³-hybridized carbons (Fsp3) is 0.357. The normalized spacial score (nSPS) is 16.1. The second-order valence-electron chi connectivity index (χ2n) is 4.44. The van der Waals surface area contributed by atoms with Crippen LogP contribution in [0.2, 0.25) is 0 Å². The van der Waals surface area contributed by atoms with Crippen LogP contribution in [0.3, 0.4) is 0 Å². The summed E-state index contributed by atoms with van der Waals surface area (Å²) in [4.78, 5) is 28.5. The van der Waals surface area contributed by atoms with Gasteiger partial charge in [-0.1, -0.05) is 0 Å². The largest absolute Gasteiger partial charge is 0.478 e. The summed E-state index contributed by atoms with van der Waals surface area (Å²) in [5.41, 5.74) is 1.05. The molecule has 0 unspecified atom stereocenters. The number of aliphatic carboxylic acids is 1. The minimum atomic E-state index is -1.04. The molecule has 0 spiro atoms. The summed E-state index contributed by atoms with van der Waals surface area (Å²) in [7, 11) is 0. The van der Waals surface area contributed by atoms with Gasteiger partial charge in [0.05, 0.1) is 12.2 Å². The zero-order valence-corrected chi connectivity index (χ0v) is 11.0. The van der Waals surface area contributed by atoms with Crippen molar-refractivity contribution >= 4 is 18.0 Å². The van der Waals surface area contributed by atoms with E-state index in [2.05, 4.69) is 4.98 Å². The number of amides is 1. The average Bonchev–Trinajstić information content (AvgIpc) is 2.73. The van der Waals surface area contributed by atoms with E-state index in [0.717, 1.165) is 12.5 Å². The molecule has 1 amide bonds. The topological polar surface area (TPSA) is 79.7 Å². The summed E-state index contributed by atoms with van der Waals surface area (Å²) in [6, 6.07) is 1.64. The first-order chi connectivity index (χ1) is 9.66. The van der Waals surface area contributed by atoms with Crippen molar-refractivity contribution in [2.24, 2.45) is 0 Å². The minimum absolute atomic E-state index is 0.103. The summed E-state index contributed by atoms with van der Waals surface area (Å²) in [5, 5.41) is 8.59. The third-order valence-corrected chi connectivity index (χ3v) is 2.93.